The molecule has 60 valence electrons. The zero-order valence-corrected chi connectivity index (χ0v) is 7.20. The normalized spacial score (nSPS) is 12.9. The van der Waals surface area contributed by atoms with E-state index in [1.54, 1.807) is 0 Å². The molecule has 3 rings (SSSR count). The number of hydrogen-bond acceptors (Lipinski definition) is 1. The third-order valence-corrected chi connectivity index (χ3v) is 2.51. The van der Waals surface area contributed by atoms with Gasteiger partial charge in [-0.15, -0.1) is 0 Å². The first-order valence-electron chi connectivity index (χ1n) is 4.48. The van der Waals surface area contributed by atoms with Gasteiger partial charge in [-0.1, -0.05) is 0 Å². The van der Waals surface area contributed by atoms with E-state index < -0.39 is 0 Å². The molecule has 1 aliphatic rings. The fourth-order valence-electron chi connectivity index (χ4n) is 1.92. The van der Waals surface area contributed by atoms with E-state index in [1.165, 1.54) is 16.3 Å². The summed E-state index contributed by atoms with van der Waals surface area (Å²) in [5.74, 6) is 0. The van der Waals surface area contributed by atoms with Crippen molar-refractivity contribution in [3.63, 3.8) is 0 Å². The third kappa shape index (κ3) is 0.950. The summed E-state index contributed by atoms with van der Waals surface area (Å²) in [6.07, 6.45) is 0.967. The van der Waals surface area contributed by atoms with E-state index >= 15 is 0 Å². The van der Waals surface area contributed by atoms with Gasteiger partial charge in [-0.25, -0.2) is 0 Å². The van der Waals surface area contributed by atoms with Crippen LogP contribution in [0.5, 0.6) is 0 Å². The Balaban J connectivity index is 2.56. The minimum absolute atomic E-state index is 0.967. The van der Waals surface area contributed by atoms with Crippen LogP contribution in [-0.4, -0.2) is 7.07 Å². The number of nitrogens with zero attached hydrogens (tertiary/aromatic N) is 1. The van der Waals surface area contributed by atoms with Crippen molar-refractivity contribution < 1.29 is 0 Å². The Kier molecular flexibility index (Phi) is 1.36. The number of benzene rings is 2. The van der Waals surface area contributed by atoms with Crippen LogP contribution >= 0.6 is 0 Å². The van der Waals surface area contributed by atoms with Crippen molar-refractivity contribution in [1.82, 2.24) is 0 Å². The topological polar surface area (TPSA) is 12.4 Å². The van der Waals surface area contributed by atoms with Crippen molar-refractivity contribution in [3.8, 4) is 0 Å². The molecule has 0 bridgehead atoms. The van der Waals surface area contributed by atoms with Crippen LogP contribution in [-0.2, 0) is 6.32 Å². The molecular weight excluding hydrogens is 157 g/mol. The van der Waals surface area contributed by atoms with Crippen LogP contribution in [0.4, 0.5) is 5.69 Å². The van der Waals surface area contributed by atoms with Gasteiger partial charge in [-0.3, -0.25) is 0 Å². The van der Waals surface area contributed by atoms with Crippen molar-refractivity contribution in [2.45, 2.75) is 6.32 Å². The van der Waals surface area contributed by atoms with Crippen LogP contribution in [0.1, 0.15) is 5.56 Å². The van der Waals surface area contributed by atoms with Crippen LogP contribution in [0, 0.1) is 0 Å². The van der Waals surface area contributed by atoms with Crippen molar-refractivity contribution in [2.24, 2.45) is 4.90 Å². The first kappa shape index (κ1) is 7.02. The van der Waals surface area contributed by atoms with E-state index in [2.05, 4.69) is 41.3 Å². The van der Waals surface area contributed by atoms with Crippen LogP contribution in [0.3, 0.4) is 0 Å². The molecule has 0 saturated carbocycles. The standard InChI is InChI=1S/C11H8BN/c1-3-8-4-2-6-10-11(8)9(5-1)7-12-13-10/h1-6H,7H2. The fourth-order valence-corrected chi connectivity index (χ4v) is 1.92. The summed E-state index contributed by atoms with van der Waals surface area (Å²) in [7, 11) is 1.98. The van der Waals surface area contributed by atoms with Crippen molar-refractivity contribution in [3.05, 3.63) is 42.0 Å². The van der Waals surface area contributed by atoms with Gasteiger partial charge < -0.3 is 0 Å². The third-order valence-electron chi connectivity index (χ3n) is 2.51. The summed E-state index contributed by atoms with van der Waals surface area (Å²) in [6.45, 7) is 0. The molecule has 0 aliphatic carbocycles. The first-order chi connectivity index (χ1) is 6.45. The van der Waals surface area contributed by atoms with Gasteiger partial charge >= 0.3 is 76.7 Å². The average molecular weight is 165 g/mol. The van der Waals surface area contributed by atoms with Gasteiger partial charge in [0, 0.05) is 0 Å². The Bertz CT molecular complexity index is 497. The van der Waals surface area contributed by atoms with Crippen molar-refractivity contribution in [1.29, 1.82) is 0 Å². The molecule has 0 aromatic heterocycles. The molecule has 13 heavy (non-hydrogen) atoms. The van der Waals surface area contributed by atoms with Gasteiger partial charge in [-0.05, 0) is 0 Å². The molecular formula is C11H8BN. The summed E-state index contributed by atoms with van der Waals surface area (Å²) < 4.78 is 0. The molecule has 0 N–H and O–H groups in total. The maximum atomic E-state index is 4.39. The monoisotopic (exact) mass is 165 g/mol. The molecule has 1 heterocycles. The summed E-state index contributed by atoms with van der Waals surface area (Å²) in [5.41, 5.74) is 2.50. The Morgan fingerprint density at radius 2 is 1.92 bits per heavy atom. The Labute approximate surface area is 77.4 Å². The van der Waals surface area contributed by atoms with E-state index in [4.69, 9.17) is 0 Å². The second-order valence-corrected chi connectivity index (χ2v) is 3.31. The fraction of sp³-hybridized carbons (Fsp3) is 0.0909. The molecule has 0 spiro atoms. The predicted octanol–water partition coefficient (Wildman–Crippen LogP) is 2.87. The van der Waals surface area contributed by atoms with Crippen molar-refractivity contribution in [2.75, 3.05) is 0 Å². The van der Waals surface area contributed by atoms with E-state index in [1.807, 2.05) is 7.07 Å². The molecule has 0 fully saturated rings. The summed E-state index contributed by atoms with van der Waals surface area (Å²) in [4.78, 5) is 4.39. The molecule has 0 amide bonds. The van der Waals surface area contributed by atoms with Gasteiger partial charge in [0.2, 0.25) is 0 Å². The average Bonchev–Trinajstić information content (AvgIpc) is 2.19. The van der Waals surface area contributed by atoms with Gasteiger partial charge in [-0.2, -0.15) is 0 Å². The van der Waals surface area contributed by atoms with E-state index in [9.17, 15) is 0 Å². The molecule has 0 unspecified atom stereocenters. The van der Waals surface area contributed by atoms with Crippen LogP contribution in [0.15, 0.2) is 41.3 Å². The maximum absolute atomic E-state index is 4.39. The van der Waals surface area contributed by atoms with Crippen molar-refractivity contribution >= 4 is 23.5 Å². The second-order valence-electron chi connectivity index (χ2n) is 3.31. The first-order valence-corrected chi connectivity index (χ1v) is 4.48. The van der Waals surface area contributed by atoms with Crippen LogP contribution in [0.2, 0.25) is 0 Å². The quantitative estimate of drug-likeness (QED) is 0.532. The van der Waals surface area contributed by atoms with E-state index in [-0.39, 0.29) is 0 Å². The molecule has 0 radical (unpaired) electrons. The zero-order valence-electron chi connectivity index (χ0n) is 7.20. The number of hydrogen-bond donors (Lipinski definition) is 0. The Morgan fingerprint density at radius 3 is 2.85 bits per heavy atom. The zero-order chi connectivity index (χ0) is 8.67. The van der Waals surface area contributed by atoms with E-state index in [0.29, 0.717) is 0 Å². The van der Waals surface area contributed by atoms with Gasteiger partial charge in [0.15, 0.2) is 0 Å². The molecule has 0 saturated heterocycles. The molecule has 2 aromatic rings. The summed E-state index contributed by atoms with van der Waals surface area (Å²) in [6, 6.07) is 12.7. The Hall–Kier alpha value is -1.44. The SMILES string of the molecule is B1=Nc2cccc3cccc(c23)C1. The van der Waals surface area contributed by atoms with Crippen LogP contribution < -0.4 is 0 Å². The van der Waals surface area contributed by atoms with Gasteiger partial charge in [0.25, 0.3) is 0 Å². The summed E-state index contributed by atoms with van der Waals surface area (Å²) >= 11 is 0. The number of rotatable bonds is 0. The second kappa shape index (κ2) is 2.53. The van der Waals surface area contributed by atoms with Gasteiger partial charge in [0.05, 0.1) is 0 Å². The van der Waals surface area contributed by atoms with Gasteiger partial charge in [0.1, 0.15) is 0 Å². The van der Waals surface area contributed by atoms with Crippen LogP contribution in [0.25, 0.3) is 10.8 Å². The molecule has 1 aliphatic heterocycles. The molecule has 1 nitrogen and oxygen atoms in total. The Morgan fingerprint density at radius 1 is 1.08 bits per heavy atom. The summed E-state index contributed by atoms with van der Waals surface area (Å²) in [5, 5.41) is 2.62. The molecule has 2 heteroatoms. The molecule has 2 aromatic carbocycles. The molecule has 0 atom stereocenters. The minimum atomic E-state index is 0.967. The van der Waals surface area contributed by atoms with E-state index in [0.717, 1.165) is 12.0 Å². The predicted molar refractivity (Wildman–Crippen MR) is 55.5 cm³/mol.